The molecule has 1 aromatic carbocycles. The SMILES string of the molecule is CC1(C)Cc2nc(C3CCOCC3)c3c(c2[C@@H](O[Si](C)(C)C(C)(C)C)C1)C1(CCCC1I)O[C@@H]3c1ccc(C(F)(F)F)cc1. The number of hydrogen-bond donors (Lipinski definition) is 0. The number of halogens is 4. The number of hydrogen-bond acceptors (Lipinski definition) is 4. The van der Waals surface area contributed by atoms with Gasteiger partial charge in [-0.3, -0.25) is 4.98 Å². The highest BCUT2D eigenvalue weighted by Crippen LogP contribution is 2.62. The molecule has 242 valence electrons. The van der Waals surface area contributed by atoms with Gasteiger partial charge in [-0.15, -0.1) is 0 Å². The van der Waals surface area contributed by atoms with Gasteiger partial charge in [-0.25, -0.2) is 0 Å². The van der Waals surface area contributed by atoms with Crippen LogP contribution in [0, 0.1) is 5.41 Å². The van der Waals surface area contributed by atoms with E-state index in [0.29, 0.717) is 13.2 Å². The zero-order chi connectivity index (χ0) is 31.9. The van der Waals surface area contributed by atoms with E-state index in [0.717, 1.165) is 67.5 Å². The summed E-state index contributed by atoms with van der Waals surface area (Å²) in [6, 6.07) is 5.64. The predicted octanol–water partition coefficient (Wildman–Crippen LogP) is 10.3. The van der Waals surface area contributed by atoms with Crippen molar-refractivity contribution in [3.63, 3.8) is 0 Å². The van der Waals surface area contributed by atoms with Crippen LogP contribution in [0.2, 0.25) is 18.1 Å². The van der Waals surface area contributed by atoms with E-state index < -0.39 is 31.8 Å². The average molecular weight is 742 g/mol. The van der Waals surface area contributed by atoms with Crippen LogP contribution in [0.4, 0.5) is 13.2 Å². The third-order valence-corrected chi connectivity index (χ3v) is 17.1. The molecular formula is C35H47F3INO3Si. The third-order valence-electron chi connectivity index (χ3n) is 11.0. The maximum absolute atomic E-state index is 13.6. The Balaban J connectivity index is 1.61. The molecule has 0 bridgehead atoms. The minimum Gasteiger partial charge on any atom is -0.410 e. The molecule has 4 nitrogen and oxygen atoms in total. The summed E-state index contributed by atoms with van der Waals surface area (Å²) in [5.74, 6) is 0.220. The fourth-order valence-electron chi connectivity index (χ4n) is 7.69. The highest BCUT2D eigenvalue weighted by molar-refractivity contribution is 14.1. The molecule has 2 unspecified atom stereocenters. The first-order valence-electron chi connectivity index (χ1n) is 16.3. The van der Waals surface area contributed by atoms with Gasteiger partial charge in [-0.05, 0) is 86.2 Å². The summed E-state index contributed by atoms with van der Waals surface area (Å²) < 4.78 is 61.4. The largest absolute Gasteiger partial charge is 0.416 e. The zero-order valence-corrected chi connectivity index (χ0v) is 30.3. The van der Waals surface area contributed by atoms with E-state index in [1.54, 1.807) is 12.1 Å². The summed E-state index contributed by atoms with van der Waals surface area (Å²) >= 11 is 2.58. The lowest BCUT2D eigenvalue weighted by atomic mass is 9.70. The number of nitrogens with zero attached hydrogens (tertiary/aromatic N) is 1. The Morgan fingerprint density at radius 2 is 1.66 bits per heavy atom. The van der Waals surface area contributed by atoms with Crippen LogP contribution in [-0.2, 0) is 32.1 Å². The van der Waals surface area contributed by atoms with Gasteiger partial charge in [0.1, 0.15) is 11.7 Å². The lowest BCUT2D eigenvalue weighted by Gasteiger charge is -2.46. The first kappa shape index (κ1) is 32.9. The van der Waals surface area contributed by atoms with Gasteiger partial charge >= 0.3 is 6.18 Å². The van der Waals surface area contributed by atoms with E-state index in [-0.39, 0.29) is 26.4 Å². The van der Waals surface area contributed by atoms with Gasteiger partial charge in [0, 0.05) is 45.4 Å². The molecule has 3 heterocycles. The predicted molar refractivity (Wildman–Crippen MR) is 178 cm³/mol. The molecule has 6 rings (SSSR count). The van der Waals surface area contributed by atoms with Gasteiger partial charge in [-0.1, -0.05) is 69.3 Å². The zero-order valence-electron chi connectivity index (χ0n) is 27.2. The number of alkyl halides is 4. The molecule has 2 aliphatic heterocycles. The molecule has 0 radical (unpaired) electrons. The lowest BCUT2D eigenvalue weighted by Crippen LogP contribution is -2.44. The summed E-state index contributed by atoms with van der Waals surface area (Å²) in [4.78, 5) is 5.58. The first-order chi connectivity index (χ1) is 20.4. The second-order valence-electron chi connectivity index (χ2n) is 15.8. The summed E-state index contributed by atoms with van der Waals surface area (Å²) in [6.45, 7) is 17.5. The molecule has 2 aromatic rings. The van der Waals surface area contributed by atoms with Crippen molar-refractivity contribution in [2.75, 3.05) is 13.2 Å². The first-order valence-corrected chi connectivity index (χ1v) is 20.4. The molecule has 0 N–H and O–H groups in total. The van der Waals surface area contributed by atoms with Gasteiger partial charge < -0.3 is 13.9 Å². The van der Waals surface area contributed by atoms with E-state index in [1.807, 2.05) is 0 Å². The molecular weight excluding hydrogens is 694 g/mol. The number of rotatable bonds is 4. The van der Waals surface area contributed by atoms with Crippen LogP contribution in [0.5, 0.6) is 0 Å². The number of aromatic nitrogens is 1. The van der Waals surface area contributed by atoms with Crippen molar-refractivity contribution in [3.05, 3.63) is 63.5 Å². The van der Waals surface area contributed by atoms with Crippen molar-refractivity contribution < 1.29 is 27.1 Å². The van der Waals surface area contributed by atoms with Crippen molar-refractivity contribution in [1.29, 1.82) is 0 Å². The molecule has 1 saturated heterocycles. The fraction of sp³-hybridized carbons (Fsp3) is 0.686. The van der Waals surface area contributed by atoms with Gasteiger partial charge in [0.25, 0.3) is 0 Å². The third kappa shape index (κ3) is 5.73. The maximum Gasteiger partial charge on any atom is 0.416 e. The molecule has 1 aromatic heterocycles. The van der Waals surface area contributed by atoms with Gasteiger partial charge in [0.05, 0.1) is 17.4 Å². The topological polar surface area (TPSA) is 40.6 Å². The van der Waals surface area contributed by atoms with E-state index in [9.17, 15) is 13.2 Å². The number of ether oxygens (including phenoxy) is 2. The minimum absolute atomic E-state index is 0.0209. The van der Waals surface area contributed by atoms with Crippen molar-refractivity contribution in [3.8, 4) is 0 Å². The van der Waals surface area contributed by atoms with E-state index in [4.69, 9.17) is 18.9 Å². The van der Waals surface area contributed by atoms with Crippen molar-refractivity contribution >= 4 is 30.9 Å². The highest BCUT2D eigenvalue weighted by Gasteiger charge is 2.57. The molecule has 0 amide bonds. The molecule has 2 aliphatic carbocycles. The Bertz CT molecular complexity index is 1400. The van der Waals surface area contributed by atoms with Crippen molar-refractivity contribution in [2.24, 2.45) is 5.41 Å². The Hall–Kier alpha value is -1.01. The average Bonchev–Trinajstić information content (AvgIpc) is 3.47. The molecule has 44 heavy (non-hydrogen) atoms. The summed E-state index contributed by atoms with van der Waals surface area (Å²) in [5, 5.41) is 0.0451. The van der Waals surface area contributed by atoms with Gasteiger partial charge in [0.2, 0.25) is 0 Å². The summed E-state index contributed by atoms with van der Waals surface area (Å²) in [7, 11) is -2.17. The van der Waals surface area contributed by atoms with Gasteiger partial charge in [0.15, 0.2) is 8.32 Å². The Labute approximate surface area is 275 Å². The fourth-order valence-corrected chi connectivity index (χ4v) is 10.2. The van der Waals surface area contributed by atoms with Gasteiger partial charge in [-0.2, -0.15) is 13.2 Å². The van der Waals surface area contributed by atoms with E-state index >= 15 is 0 Å². The molecule has 4 aliphatic rings. The van der Waals surface area contributed by atoms with E-state index in [2.05, 4.69) is 70.3 Å². The maximum atomic E-state index is 13.6. The number of pyridine rings is 1. The number of benzene rings is 1. The second-order valence-corrected chi connectivity index (χ2v) is 22.1. The highest BCUT2D eigenvalue weighted by atomic mass is 127. The number of fused-ring (bicyclic) bond motifs is 4. The smallest absolute Gasteiger partial charge is 0.410 e. The summed E-state index contributed by atoms with van der Waals surface area (Å²) in [5.41, 5.74) is 5.41. The minimum atomic E-state index is -4.39. The van der Waals surface area contributed by atoms with Crippen molar-refractivity contribution in [2.45, 2.75) is 132 Å². The molecule has 1 saturated carbocycles. The molecule has 2 fully saturated rings. The van der Waals surface area contributed by atoms with Crippen LogP contribution >= 0.6 is 22.6 Å². The van der Waals surface area contributed by atoms with Crippen molar-refractivity contribution in [1.82, 2.24) is 4.98 Å². The van der Waals surface area contributed by atoms with Crippen LogP contribution < -0.4 is 0 Å². The summed E-state index contributed by atoms with van der Waals surface area (Å²) in [6.07, 6.45) is 1.57. The quantitative estimate of drug-likeness (QED) is 0.178. The Kier molecular flexibility index (Phi) is 8.46. The molecule has 1 spiro atoms. The lowest BCUT2D eigenvalue weighted by molar-refractivity contribution is -0.137. The second kappa shape index (κ2) is 11.3. The van der Waals surface area contributed by atoms with Crippen LogP contribution in [-0.4, -0.2) is 30.4 Å². The monoisotopic (exact) mass is 741 g/mol. The van der Waals surface area contributed by atoms with Crippen LogP contribution in [0.15, 0.2) is 24.3 Å². The van der Waals surface area contributed by atoms with Crippen LogP contribution in [0.25, 0.3) is 0 Å². The van der Waals surface area contributed by atoms with E-state index in [1.165, 1.54) is 23.3 Å². The standard InChI is InChI=1S/C35H47F3INO3Si/c1-32(2,3)44(6,7)43-25-20-33(4,5)19-24-27(25)29-28(30(40-24)21-14-17-41-18-15-21)31(42-34(29)16-8-9-26(34)39)22-10-12-23(13-11-22)35(36,37)38/h10-13,21,25-26,31H,8-9,14-20H2,1-7H3/t25-,26?,31+,34?/m0/s1. The Morgan fingerprint density at radius 1 is 1.00 bits per heavy atom. The normalized spacial score (nSPS) is 29.2. The molecule has 9 heteroatoms. The Morgan fingerprint density at radius 3 is 2.23 bits per heavy atom. The molecule has 4 atom stereocenters. The van der Waals surface area contributed by atoms with Crippen LogP contribution in [0.1, 0.15) is 130 Å². The van der Waals surface area contributed by atoms with Crippen LogP contribution in [0.3, 0.4) is 0 Å².